The maximum atomic E-state index is 8.21. The van der Waals surface area contributed by atoms with Gasteiger partial charge < -0.3 is 0 Å². The first-order valence-electron chi connectivity index (χ1n) is 4.17. The van der Waals surface area contributed by atoms with Crippen LogP contribution < -0.4 is 0 Å². The lowest BCUT2D eigenvalue weighted by atomic mass is 10.1. The molecule has 0 bridgehead atoms. The summed E-state index contributed by atoms with van der Waals surface area (Å²) in [5, 5.41) is 4.03. The molecule has 0 amide bonds. The standard InChI is InChI=1S/C9H4Cl5N3/c10-5-1-4(3-16-17-15)2-6(11)7(5)8(12)9(13)14/h1-2H,3H2. The Morgan fingerprint density at radius 2 is 1.71 bits per heavy atom. The zero-order chi connectivity index (χ0) is 13.0. The Bertz CT molecular complexity index is 492. The van der Waals surface area contributed by atoms with Crippen LogP contribution in [0.25, 0.3) is 15.5 Å². The molecule has 0 aliphatic carbocycles. The molecular formula is C9H4Cl5N3. The van der Waals surface area contributed by atoms with Crippen molar-refractivity contribution < 1.29 is 0 Å². The molecule has 0 fully saturated rings. The summed E-state index contributed by atoms with van der Waals surface area (Å²) in [6, 6.07) is 3.16. The fourth-order valence-electron chi connectivity index (χ4n) is 1.13. The Morgan fingerprint density at radius 3 is 2.12 bits per heavy atom. The van der Waals surface area contributed by atoms with Crippen LogP contribution in [0.4, 0.5) is 0 Å². The molecule has 0 atom stereocenters. The number of rotatable bonds is 3. The summed E-state index contributed by atoms with van der Waals surface area (Å²) >= 11 is 29.0. The van der Waals surface area contributed by atoms with Crippen LogP contribution >= 0.6 is 58.0 Å². The first-order valence-corrected chi connectivity index (χ1v) is 6.06. The summed E-state index contributed by atoms with van der Waals surface area (Å²) in [5.41, 5.74) is 9.22. The van der Waals surface area contributed by atoms with Crippen molar-refractivity contribution in [2.45, 2.75) is 6.54 Å². The zero-order valence-corrected chi connectivity index (χ0v) is 11.9. The van der Waals surface area contributed by atoms with Crippen LogP contribution in [0.5, 0.6) is 0 Å². The maximum Gasteiger partial charge on any atom is 0.126 e. The third-order valence-electron chi connectivity index (χ3n) is 1.80. The molecule has 1 rings (SSSR count). The van der Waals surface area contributed by atoms with Gasteiger partial charge in [0, 0.05) is 10.5 Å². The quantitative estimate of drug-likeness (QED) is 0.362. The Kier molecular flexibility index (Phi) is 5.74. The summed E-state index contributed by atoms with van der Waals surface area (Å²) in [6.45, 7) is 0.145. The molecule has 0 unspecified atom stereocenters. The predicted octanol–water partition coefficient (Wildman–Crippen LogP) is 6.15. The number of azide groups is 1. The lowest BCUT2D eigenvalue weighted by Crippen LogP contribution is -1.88. The van der Waals surface area contributed by atoms with Gasteiger partial charge >= 0.3 is 0 Å². The fourth-order valence-corrected chi connectivity index (χ4v) is 2.34. The first kappa shape index (κ1) is 14.8. The highest BCUT2D eigenvalue weighted by Gasteiger charge is 2.13. The fraction of sp³-hybridized carbons (Fsp3) is 0.111. The number of benzene rings is 1. The summed E-state index contributed by atoms with van der Waals surface area (Å²) < 4.78 is -0.127. The summed E-state index contributed by atoms with van der Waals surface area (Å²) in [5.74, 6) is 0. The van der Waals surface area contributed by atoms with Crippen LogP contribution in [0.1, 0.15) is 11.1 Å². The van der Waals surface area contributed by atoms with Crippen LogP contribution in [-0.4, -0.2) is 0 Å². The minimum absolute atomic E-state index is 0.0682. The van der Waals surface area contributed by atoms with Gasteiger partial charge in [-0.2, -0.15) is 0 Å². The van der Waals surface area contributed by atoms with Crippen molar-refractivity contribution in [3.05, 3.63) is 48.2 Å². The molecule has 1 aromatic rings. The van der Waals surface area contributed by atoms with Crippen molar-refractivity contribution in [1.82, 2.24) is 0 Å². The van der Waals surface area contributed by atoms with Crippen molar-refractivity contribution in [2.24, 2.45) is 5.11 Å². The van der Waals surface area contributed by atoms with Gasteiger partial charge in [-0.3, -0.25) is 0 Å². The van der Waals surface area contributed by atoms with Crippen LogP contribution in [0.3, 0.4) is 0 Å². The molecule has 0 N–H and O–H groups in total. The van der Waals surface area contributed by atoms with Gasteiger partial charge in [-0.1, -0.05) is 63.1 Å². The van der Waals surface area contributed by atoms with Crippen molar-refractivity contribution in [3.8, 4) is 0 Å². The summed E-state index contributed by atoms with van der Waals surface area (Å²) in [6.07, 6.45) is 0. The number of halogens is 5. The molecule has 0 heterocycles. The second-order valence-electron chi connectivity index (χ2n) is 2.90. The molecule has 0 saturated heterocycles. The monoisotopic (exact) mass is 329 g/mol. The van der Waals surface area contributed by atoms with Crippen molar-refractivity contribution in [3.63, 3.8) is 0 Å². The van der Waals surface area contributed by atoms with E-state index in [0.29, 0.717) is 11.1 Å². The average Bonchev–Trinajstić information content (AvgIpc) is 2.25. The minimum Gasteiger partial charge on any atom is -0.0893 e. The highest BCUT2D eigenvalue weighted by molar-refractivity contribution is 6.67. The number of nitrogens with zero attached hydrogens (tertiary/aromatic N) is 3. The van der Waals surface area contributed by atoms with Gasteiger partial charge in [-0.05, 0) is 23.2 Å². The molecular weight excluding hydrogens is 327 g/mol. The van der Waals surface area contributed by atoms with Gasteiger partial charge in [0.05, 0.1) is 21.6 Å². The Labute approximate surface area is 122 Å². The summed E-state index contributed by atoms with van der Waals surface area (Å²) in [4.78, 5) is 2.64. The van der Waals surface area contributed by atoms with Crippen molar-refractivity contribution in [1.29, 1.82) is 0 Å². The molecule has 90 valence electrons. The maximum absolute atomic E-state index is 8.21. The van der Waals surface area contributed by atoms with E-state index in [0.717, 1.165) is 0 Å². The molecule has 0 radical (unpaired) electrons. The molecule has 1 aromatic carbocycles. The van der Waals surface area contributed by atoms with Crippen molar-refractivity contribution >= 4 is 63.0 Å². The van der Waals surface area contributed by atoms with Crippen LogP contribution in [0.15, 0.2) is 21.7 Å². The Balaban J connectivity index is 3.29. The Morgan fingerprint density at radius 1 is 1.18 bits per heavy atom. The predicted molar refractivity (Wildman–Crippen MR) is 73.8 cm³/mol. The summed E-state index contributed by atoms with van der Waals surface area (Å²) in [7, 11) is 0. The van der Waals surface area contributed by atoms with Gasteiger partial charge in [0.2, 0.25) is 0 Å². The van der Waals surface area contributed by atoms with Crippen molar-refractivity contribution in [2.75, 3.05) is 0 Å². The first-order chi connectivity index (χ1) is 7.97. The molecule has 8 heteroatoms. The van der Waals surface area contributed by atoms with Crippen LogP contribution in [0, 0.1) is 0 Å². The Hall–Kier alpha value is -0.280. The average molecular weight is 331 g/mol. The molecule has 3 nitrogen and oxygen atoms in total. The van der Waals surface area contributed by atoms with E-state index in [4.69, 9.17) is 63.5 Å². The van der Waals surface area contributed by atoms with Gasteiger partial charge in [-0.15, -0.1) is 0 Å². The van der Waals surface area contributed by atoms with E-state index in [9.17, 15) is 0 Å². The highest BCUT2D eigenvalue weighted by atomic mass is 35.5. The van der Waals surface area contributed by atoms with Crippen LogP contribution in [-0.2, 0) is 6.54 Å². The molecule has 0 saturated carbocycles. The second-order valence-corrected chi connectivity index (χ2v) is 5.04. The SMILES string of the molecule is [N-]=[N+]=NCc1cc(Cl)c(C(Cl)=C(Cl)Cl)c(Cl)c1. The van der Waals surface area contributed by atoms with E-state index in [1.54, 1.807) is 12.1 Å². The second kappa shape index (κ2) is 6.60. The minimum atomic E-state index is -0.127. The number of hydrogen-bond donors (Lipinski definition) is 0. The topological polar surface area (TPSA) is 48.8 Å². The van der Waals surface area contributed by atoms with Gasteiger partial charge in [0.15, 0.2) is 0 Å². The van der Waals surface area contributed by atoms with Crippen LogP contribution in [0.2, 0.25) is 10.0 Å². The van der Waals surface area contributed by atoms with E-state index >= 15 is 0 Å². The van der Waals surface area contributed by atoms with E-state index in [2.05, 4.69) is 10.0 Å². The van der Waals surface area contributed by atoms with E-state index in [-0.39, 0.29) is 26.1 Å². The largest absolute Gasteiger partial charge is 0.126 e. The molecule has 0 aliphatic heterocycles. The molecule has 0 spiro atoms. The zero-order valence-electron chi connectivity index (χ0n) is 8.09. The third kappa shape index (κ3) is 3.85. The van der Waals surface area contributed by atoms with E-state index in [1.807, 2.05) is 0 Å². The highest BCUT2D eigenvalue weighted by Crippen LogP contribution is 2.38. The molecule has 17 heavy (non-hydrogen) atoms. The lowest BCUT2D eigenvalue weighted by Gasteiger charge is -2.08. The van der Waals surface area contributed by atoms with Gasteiger partial charge in [0.25, 0.3) is 0 Å². The normalized spacial score (nSPS) is 9.71. The number of hydrogen-bond acceptors (Lipinski definition) is 1. The van der Waals surface area contributed by atoms with Gasteiger partial charge in [0.1, 0.15) is 4.49 Å². The molecule has 0 aliphatic rings. The molecule has 0 aromatic heterocycles. The van der Waals surface area contributed by atoms with Gasteiger partial charge in [-0.25, -0.2) is 0 Å². The smallest absolute Gasteiger partial charge is 0.0893 e. The van der Waals surface area contributed by atoms with E-state index < -0.39 is 0 Å². The van der Waals surface area contributed by atoms with E-state index in [1.165, 1.54) is 0 Å². The third-order valence-corrected chi connectivity index (χ3v) is 3.35. The lowest BCUT2D eigenvalue weighted by molar-refractivity contribution is 1.05.